The summed E-state index contributed by atoms with van der Waals surface area (Å²) in [5.74, 6) is 2.42. The molecule has 2 saturated heterocycles. The summed E-state index contributed by atoms with van der Waals surface area (Å²) in [6.45, 7) is 10.8. The van der Waals surface area contributed by atoms with E-state index in [1.807, 2.05) is 13.8 Å². The lowest BCUT2D eigenvalue weighted by Crippen LogP contribution is -2.38. The lowest BCUT2D eigenvalue weighted by atomic mass is 9.94. The Morgan fingerprint density at radius 3 is 2.88 bits per heavy atom. The van der Waals surface area contributed by atoms with Crippen LogP contribution in [0.5, 0.6) is 0 Å². The minimum Gasteiger partial charge on any atom is -0.378 e. The second-order valence-electron chi connectivity index (χ2n) is 7.14. The van der Waals surface area contributed by atoms with Gasteiger partial charge in [0.25, 0.3) is 0 Å². The molecule has 3 heterocycles. The number of aryl methyl sites for hydroxylation is 1. The second-order valence-corrected chi connectivity index (χ2v) is 7.14. The minimum atomic E-state index is 0.141. The molecule has 1 N–H and O–H groups in total. The average Bonchev–Trinajstić information content (AvgIpc) is 2.67. The molecule has 7 nitrogen and oxygen atoms in total. The number of anilines is 1. The molecule has 0 spiro atoms. The Kier molecular flexibility index (Phi) is 6.80. The van der Waals surface area contributed by atoms with E-state index < -0.39 is 0 Å². The van der Waals surface area contributed by atoms with Crippen LogP contribution in [0.2, 0.25) is 0 Å². The summed E-state index contributed by atoms with van der Waals surface area (Å²) in [4.78, 5) is 25.8. The number of ether oxygens (including phenoxy) is 1. The van der Waals surface area contributed by atoms with Gasteiger partial charge in [-0.3, -0.25) is 4.79 Å². The molecule has 7 heteroatoms. The molecule has 0 bridgehead atoms. The number of hydrogen-bond donors (Lipinski definition) is 1. The van der Waals surface area contributed by atoms with E-state index >= 15 is 0 Å². The van der Waals surface area contributed by atoms with Gasteiger partial charge in [0.15, 0.2) is 0 Å². The van der Waals surface area contributed by atoms with E-state index in [1.54, 1.807) is 0 Å². The van der Waals surface area contributed by atoms with Crippen LogP contribution in [0.25, 0.3) is 0 Å². The van der Waals surface area contributed by atoms with Crippen molar-refractivity contribution in [3.63, 3.8) is 0 Å². The average molecular weight is 361 g/mol. The summed E-state index contributed by atoms with van der Waals surface area (Å²) in [7, 11) is 0. The number of hydrogen-bond acceptors (Lipinski definition) is 6. The van der Waals surface area contributed by atoms with Crippen molar-refractivity contribution in [2.45, 2.75) is 39.0 Å². The lowest BCUT2D eigenvalue weighted by Gasteiger charge is -2.33. The number of nitrogens with zero attached hydrogens (tertiary/aromatic N) is 4. The fourth-order valence-corrected chi connectivity index (χ4v) is 3.78. The van der Waals surface area contributed by atoms with E-state index in [-0.39, 0.29) is 5.91 Å². The van der Waals surface area contributed by atoms with Gasteiger partial charge in [0.05, 0.1) is 18.9 Å². The highest BCUT2D eigenvalue weighted by atomic mass is 16.5. The highest BCUT2D eigenvalue weighted by molar-refractivity contribution is 5.75. The molecule has 3 rings (SSSR count). The van der Waals surface area contributed by atoms with E-state index in [1.165, 1.54) is 0 Å². The molecule has 1 amide bonds. The first kappa shape index (κ1) is 19.0. The SMILES string of the molecule is CCNC(=O)CCN1CCC[C@H](c2cc(N3CCOCC3)nc(C)n2)C1. The Bertz CT molecular complexity index is 604. The minimum absolute atomic E-state index is 0.141. The summed E-state index contributed by atoms with van der Waals surface area (Å²) >= 11 is 0. The summed E-state index contributed by atoms with van der Waals surface area (Å²) in [5.41, 5.74) is 1.14. The molecular formula is C19H31N5O2. The maximum Gasteiger partial charge on any atom is 0.221 e. The third-order valence-electron chi connectivity index (χ3n) is 5.13. The second kappa shape index (κ2) is 9.28. The van der Waals surface area contributed by atoms with E-state index in [0.29, 0.717) is 18.9 Å². The van der Waals surface area contributed by atoms with Gasteiger partial charge < -0.3 is 19.9 Å². The van der Waals surface area contributed by atoms with Gasteiger partial charge in [0.2, 0.25) is 5.91 Å². The summed E-state index contributed by atoms with van der Waals surface area (Å²) in [6.07, 6.45) is 2.87. The lowest BCUT2D eigenvalue weighted by molar-refractivity contribution is -0.121. The van der Waals surface area contributed by atoms with Crippen molar-refractivity contribution in [1.82, 2.24) is 20.2 Å². The molecule has 26 heavy (non-hydrogen) atoms. The summed E-state index contributed by atoms with van der Waals surface area (Å²) in [5, 5.41) is 2.88. The van der Waals surface area contributed by atoms with Crippen LogP contribution in [0.15, 0.2) is 6.07 Å². The Morgan fingerprint density at radius 2 is 2.12 bits per heavy atom. The maximum absolute atomic E-state index is 11.7. The number of amides is 1. The van der Waals surface area contributed by atoms with Crippen LogP contribution in [0.3, 0.4) is 0 Å². The van der Waals surface area contributed by atoms with E-state index in [0.717, 1.165) is 76.1 Å². The van der Waals surface area contributed by atoms with E-state index in [2.05, 4.69) is 26.2 Å². The summed E-state index contributed by atoms with van der Waals surface area (Å²) in [6, 6.07) is 2.16. The quantitative estimate of drug-likeness (QED) is 0.824. The Labute approximate surface area is 156 Å². The van der Waals surface area contributed by atoms with Gasteiger partial charge >= 0.3 is 0 Å². The first-order valence-corrected chi connectivity index (χ1v) is 9.83. The van der Waals surface area contributed by atoms with Gasteiger partial charge in [0, 0.05) is 51.1 Å². The molecule has 2 aliphatic rings. The molecule has 144 valence electrons. The number of morpholine rings is 1. The van der Waals surface area contributed by atoms with Crippen molar-refractivity contribution < 1.29 is 9.53 Å². The first-order valence-electron chi connectivity index (χ1n) is 9.83. The van der Waals surface area contributed by atoms with Crippen LogP contribution in [0.4, 0.5) is 5.82 Å². The number of carbonyl (C=O) groups is 1. The fourth-order valence-electron chi connectivity index (χ4n) is 3.78. The van der Waals surface area contributed by atoms with Gasteiger partial charge in [0.1, 0.15) is 11.6 Å². The van der Waals surface area contributed by atoms with Crippen LogP contribution >= 0.6 is 0 Å². The van der Waals surface area contributed by atoms with Crippen molar-refractivity contribution in [3.05, 3.63) is 17.6 Å². The van der Waals surface area contributed by atoms with Gasteiger partial charge in [-0.05, 0) is 33.2 Å². The van der Waals surface area contributed by atoms with Crippen molar-refractivity contribution in [2.75, 3.05) is 57.4 Å². The normalized spacial score (nSPS) is 21.6. The molecular weight excluding hydrogens is 330 g/mol. The molecule has 2 fully saturated rings. The van der Waals surface area contributed by atoms with Crippen LogP contribution in [0, 0.1) is 6.92 Å². The predicted molar refractivity (Wildman–Crippen MR) is 102 cm³/mol. The molecule has 2 aliphatic heterocycles. The molecule has 1 atom stereocenters. The Morgan fingerprint density at radius 1 is 1.31 bits per heavy atom. The number of aromatic nitrogens is 2. The van der Waals surface area contributed by atoms with E-state index in [9.17, 15) is 4.79 Å². The predicted octanol–water partition coefficient (Wildman–Crippen LogP) is 1.33. The maximum atomic E-state index is 11.7. The van der Waals surface area contributed by atoms with Crippen molar-refractivity contribution in [3.8, 4) is 0 Å². The topological polar surface area (TPSA) is 70.6 Å². The number of piperidine rings is 1. The molecule has 0 unspecified atom stereocenters. The summed E-state index contributed by atoms with van der Waals surface area (Å²) < 4.78 is 5.45. The number of nitrogens with one attached hydrogen (secondary N) is 1. The molecule has 0 aromatic carbocycles. The Balaban J connectivity index is 1.64. The molecule has 0 radical (unpaired) electrons. The zero-order valence-electron chi connectivity index (χ0n) is 16.0. The smallest absolute Gasteiger partial charge is 0.221 e. The van der Waals surface area contributed by atoms with Gasteiger partial charge in [-0.15, -0.1) is 0 Å². The molecule has 1 aromatic rings. The number of likely N-dealkylation sites (tertiary alicyclic amines) is 1. The van der Waals surface area contributed by atoms with Gasteiger partial charge in [-0.2, -0.15) is 0 Å². The largest absolute Gasteiger partial charge is 0.378 e. The molecule has 0 saturated carbocycles. The van der Waals surface area contributed by atoms with Crippen LogP contribution in [-0.2, 0) is 9.53 Å². The monoisotopic (exact) mass is 361 g/mol. The molecule has 1 aromatic heterocycles. The van der Waals surface area contributed by atoms with Crippen molar-refractivity contribution in [2.24, 2.45) is 0 Å². The van der Waals surface area contributed by atoms with Crippen LogP contribution < -0.4 is 10.2 Å². The highest BCUT2D eigenvalue weighted by Crippen LogP contribution is 2.28. The molecule has 0 aliphatic carbocycles. The highest BCUT2D eigenvalue weighted by Gasteiger charge is 2.24. The van der Waals surface area contributed by atoms with Crippen LogP contribution in [0.1, 0.15) is 43.6 Å². The Hall–Kier alpha value is -1.73. The van der Waals surface area contributed by atoms with Gasteiger partial charge in [-0.25, -0.2) is 9.97 Å². The first-order chi connectivity index (χ1) is 12.7. The number of carbonyl (C=O) groups excluding carboxylic acids is 1. The fraction of sp³-hybridized carbons (Fsp3) is 0.737. The standard InChI is InChI=1S/C19H31N5O2/c1-3-20-19(25)6-8-23-7-4-5-16(14-23)17-13-18(22-15(2)21-17)24-9-11-26-12-10-24/h13,16H,3-12,14H2,1-2H3,(H,20,25)/t16-/m0/s1. The zero-order chi connectivity index (χ0) is 18.4. The number of rotatable bonds is 6. The zero-order valence-corrected chi connectivity index (χ0v) is 16.0. The van der Waals surface area contributed by atoms with Gasteiger partial charge in [-0.1, -0.05) is 0 Å². The third kappa shape index (κ3) is 5.14. The van der Waals surface area contributed by atoms with Crippen molar-refractivity contribution in [1.29, 1.82) is 0 Å². The third-order valence-corrected chi connectivity index (χ3v) is 5.13. The van der Waals surface area contributed by atoms with E-state index in [4.69, 9.17) is 9.72 Å². The van der Waals surface area contributed by atoms with Crippen molar-refractivity contribution >= 4 is 11.7 Å². The van der Waals surface area contributed by atoms with Crippen LogP contribution in [-0.4, -0.2) is 73.3 Å².